The van der Waals surface area contributed by atoms with Crippen molar-refractivity contribution in [2.45, 2.75) is 20.5 Å². The van der Waals surface area contributed by atoms with Gasteiger partial charge in [0, 0.05) is 16.8 Å². The molecule has 0 bridgehead atoms. The number of pyridine rings is 1. The first-order chi connectivity index (χ1) is 13.6. The fourth-order valence-corrected chi connectivity index (χ4v) is 3.29. The van der Waals surface area contributed by atoms with Crippen molar-refractivity contribution in [1.29, 1.82) is 0 Å². The lowest BCUT2D eigenvalue weighted by atomic mass is 10.1. The average molecular weight is 390 g/mol. The van der Waals surface area contributed by atoms with Crippen LogP contribution in [0.3, 0.4) is 0 Å². The number of hydrogen-bond donors (Lipinski definition) is 0. The van der Waals surface area contributed by atoms with Crippen LogP contribution in [0.25, 0.3) is 16.9 Å². The first-order valence-electron chi connectivity index (χ1n) is 9.06. The Balaban J connectivity index is 1.67. The van der Waals surface area contributed by atoms with Crippen LogP contribution in [0.4, 0.5) is 0 Å². The van der Waals surface area contributed by atoms with Gasteiger partial charge in [-0.1, -0.05) is 64.8 Å². The number of imidazole rings is 1. The molecule has 2 aromatic heterocycles. The Bertz CT molecular complexity index is 1150. The average Bonchev–Trinajstić information content (AvgIpc) is 3.06. The summed E-state index contributed by atoms with van der Waals surface area (Å²) >= 11 is 6.04. The van der Waals surface area contributed by atoms with E-state index in [1.165, 1.54) is 5.56 Å². The quantitative estimate of drug-likeness (QED) is 0.318. The Morgan fingerprint density at radius 3 is 2.68 bits per heavy atom. The predicted molar refractivity (Wildman–Crippen MR) is 114 cm³/mol. The van der Waals surface area contributed by atoms with Crippen molar-refractivity contribution in [3.05, 3.63) is 94.3 Å². The summed E-state index contributed by atoms with van der Waals surface area (Å²) in [5, 5.41) is 4.91. The molecule has 4 rings (SSSR count). The number of halogens is 1. The van der Waals surface area contributed by atoms with Crippen molar-refractivity contribution in [2.24, 2.45) is 5.16 Å². The van der Waals surface area contributed by atoms with Crippen molar-refractivity contribution in [3.63, 3.8) is 0 Å². The third kappa shape index (κ3) is 3.78. The fourth-order valence-electron chi connectivity index (χ4n) is 3.17. The molecular weight excluding hydrogens is 370 g/mol. The molecular formula is C23H20ClN3O. The van der Waals surface area contributed by atoms with Crippen molar-refractivity contribution < 1.29 is 4.84 Å². The van der Waals surface area contributed by atoms with Crippen LogP contribution >= 0.6 is 11.6 Å². The third-order valence-corrected chi connectivity index (χ3v) is 4.81. The molecule has 0 aliphatic heterocycles. The SMILES string of the molecule is Cc1cccc(CON=Cc2c(-c3ccc(Cl)cc3)nc3c(C)cccn23)c1. The molecule has 0 saturated carbocycles. The fraction of sp³-hybridized carbons (Fsp3) is 0.130. The molecule has 0 aliphatic carbocycles. The number of rotatable bonds is 5. The smallest absolute Gasteiger partial charge is 0.142 e. The van der Waals surface area contributed by atoms with E-state index in [9.17, 15) is 0 Å². The van der Waals surface area contributed by atoms with Gasteiger partial charge in [0.15, 0.2) is 0 Å². The van der Waals surface area contributed by atoms with Crippen LogP contribution in [-0.2, 0) is 11.4 Å². The first kappa shape index (κ1) is 18.3. The van der Waals surface area contributed by atoms with Crippen LogP contribution in [0.15, 0.2) is 72.0 Å². The molecule has 0 saturated heterocycles. The topological polar surface area (TPSA) is 38.9 Å². The number of aryl methyl sites for hydroxylation is 2. The molecule has 4 nitrogen and oxygen atoms in total. The second-order valence-corrected chi connectivity index (χ2v) is 7.17. The Labute approximate surface area is 169 Å². The second-order valence-electron chi connectivity index (χ2n) is 6.73. The van der Waals surface area contributed by atoms with Crippen LogP contribution in [-0.4, -0.2) is 15.6 Å². The van der Waals surface area contributed by atoms with E-state index in [4.69, 9.17) is 21.4 Å². The molecule has 0 aliphatic rings. The van der Waals surface area contributed by atoms with E-state index >= 15 is 0 Å². The largest absolute Gasteiger partial charge is 0.391 e. The lowest BCUT2D eigenvalue weighted by Crippen LogP contribution is -1.95. The summed E-state index contributed by atoms with van der Waals surface area (Å²) in [5.41, 5.74) is 6.97. The van der Waals surface area contributed by atoms with E-state index in [0.717, 1.165) is 33.7 Å². The van der Waals surface area contributed by atoms with Crippen molar-refractivity contribution in [3.8, 4) is 11.3 Å². The molecule has 0 radical (unpaired) electrons. The molecule has 2 heterocycles. The number of fused-ring (bicyclic) bond motifs is 1. The first-order valence-corrected chi connectivity index (χ1v) is 9.44. The van der Waals surface area contributed by atoms with Crippen molar-refractivity contribution in [1.82, 2.24) is 9.38 Å². The number of hydrogen-bond acceptors (Lipinski definition) is 3. The second kappa shape index (κ2) is 7.87. The molecule has 28 heavy (non-hydrogen) atoms. The van der Waals surface area contributed by atoms with Gasteiger partial charge in [-0.3, -0.25) is 4.40 Å². The summed E-state index contributed by atoms with van der Waals surface area (Å²) in [6.45, 7) is 4.53. The monoisotopic (exact) mass is 389 g/mol. The maximum Gasteiger partial charge on any atom is 0.142 e. The molecule has 0 atom stereocenters. The van der Waals surface area contributed by atoms with Gasteiger partial charge in [-0.2, -0.15) is 0 Å². The summed E-state index contributed by atoms with van der Waals surface area (Å²) in [6.07, 6.45) is 3.70. The van der Waals surface area contributed by atoms with E-state index in [2.05, 4.69) is 24.2 Å². The number of nitrogens with zero attached hydrogens (tertiary/aromatic N) is 3. The molecule has 2 aromatic carbocycles. The lowest BCUT2D eigenvalue weighted by Gasteiger charge is -2.03. The Morgan fingerprint density at radius 2 is 1.89 bits per heavy atom. The summed E-state index contributed by atoms with van der Waals surface area (Å²) in [4.78, 5) is 10.4. The minimum atomic E-state index is 0.421. The minimum Gasteiger partial charge on any atom is -0.391 e. The van der Waals surface area contributed by atoms with Gasteiger partial charge in [0.05, 0.1) is 17.6 Å². The highest BCUT2D eigenvalue weighted by Crippen LogP contribution is 2.26. The third-order valence-electron chi connectivity index (χ3n) is 4.56. The van der Waals surface area contributed by atoms with Crippen LogP contribution in [0.1, 0.15) is 22.4 Å². The highest BCUT2D eigenvalue weighted by Gasteiger charge is 2.14. The van der Waals surface area contributed by atoms with E-state index in [0.29, 0.717) is 11.6 Å². The summed E-state index contributed by atoms with van der Waals surface area (Å²) in [6, 6.07) is 19.9. The molecule has 140 valence electrons. The zero-order valence-corrected chi connectivity index (χ0v) is 16.5. The maximum atomic E-state index is 6.04. The van der Waals surface area contributed by atoms with E-state index in [1.807, 2.05) is 66.1 Å². The van der Waals surface area contributed by atoms with Crippen LogP contribution < -0.4 is 0 Å². The molecule has 0 fully saturated rings. The highest BCUT2D eigenvalue weighted by atomic mass is 35.5. The van der Waals surface area contributed by atoms with Crippen molar-refractivity contribution in [2.75, 3.05) is 0 Å². The molecule has 0 unspecified atom stereocenters. The van der Waals surface area contributed by atoms with E-state index in [-0.39, 0.29) is 0 Å². The van der Waals surface area contributed by atoms with Gasteiger partial charge in [-0.15, -0.1) is 0 Å². The maximum absolute atomic E-state index is 6.04. The Hall–Kier alpha value is -3.11. The molecule has 0 amide bonds. The van der Waals surface area contributed by atoms with E-state index in [1.54, 1.807) is 6.21 Å². The summed E-state index contributed by atoms with van der Waals surface area (Å²) in [5.74, 6) is 0. The Morgan fingerprint density at radius 1 is 1.07 bits per heavy atom. The van der Waals surface area contributed by atoms with Crippen LogP contribution in [0, 0.1) is 13.8 Å². The minimum absolute atomic E-state index is 0.421. The molecule has 4 aromatic rings. The Kier molecular flexibility index (Phi) is 5.13. The standard InChI is InChI=1S/C23H20ClN3O/c1-16-5-3-7-18(13-16)15-28-25-14-21-22(19-8-10-20(24)11-9-19)26-23-17(2)6-4-12-27(21)23/h3-14H,15H2,1-2H3. The zero-order valence-electron chi connectivity index (χ0n) is 15.8. The summed E-state index contributed by atoms with van der Waals surface area (Å²) in [7, 11) is 0. The van der Waals surface area contributed by atoms with Gasteiger partial charge in [0.1, 0.15) is 12.3 Å². The van der Waals surface area contributed by atoms with Gasteiger partial charge in [0.25, 0.3) is 0 Å². The number of oxime groups is 1. The van der Waals surface area contributed by atoms with Gasteiger partial charge < -0.3 is 4.84 Å². The summed E-state index contributed by atoms with van der Waals surface area (Å²) < 4.78 is 2.03. The van der Waals surface area contributed by atoms with E-state index < -0.39 is 0 Å². The van der Waals surface area contributed by atoms with Gasteiger partial charge in [-0.05, 0) is 43.2 Å². The van der Waals surface area contributed by atoms with Gasteiger partial charge in [0.2, 0.25) is 0 Å². The predicted octanol–water partition coefficient (Wildman–Crippen LogP) is 5.82. The highest BCUT2D eigenvalue weighted by molar-refractivity contribution is 6.30. The number of benzene rings is 2. The normalized spacial score (nSPS) is 11.4. The molecule has 0 N–H and O–H groups in total. The zero-order chi connectivity index (χ0) is 19.5. The lowest BCUT2D eigenvalue weighted by molar-refractivity contribution is 0.132. The van der Waals surface area contributed by atoms with Gasteiger partial charge in [-0.25, -0.2) is 4.98 Å². The number of aromatic nitrogens is 2. The van der Waals surface area contributed by atoms with Crippen molar-refractivity contribution >= 4 is 23.5 Å². The van der Waals surface area contributed by atoms with Crippen LogP contribution in [0.5, 0.6) is 0 Å². The van der Waals surface area contributed by atoms with Crippen LogP contribution in [0.2, 0.25) is 5.02 Å². The molecule has 5 heteroatoms. The van der Waals surface area contributed by atoms with Gasteiger partial charge >= 0.3 is 0 Å². The molecule has 0 spiro atoms.